The summed E-state index contributed by atoms with van der Waals surface area (Å²) in [5.41, 5.74) is 0.695. The maximum Gasteiger partial charge on any atom is 0.297 e. The second kappa shape index (κ2) is 8.09. The van der Waals surface area contributed by atoms with Gasteiger partial charge in [0.05, 0.1) is 38.3 Å². The molecule has 1 amide bonds. The van der Waals surface area contributed by atoms with Gasteiger partial charge < -0.3 is 18.6 Å². The van der Waals surface area contributed by atoms with Crippen molar-refractivity contribution >= 4 is 44.9 Å². The highest BCUT2D eigenvalue weighted by molar-refractivity contribution is 7.13. The molecule has 0 aliphatic carbocycles. The minimum Gasteiger partial charge on any atom is -0.493 e. The second-order valence-corrected chi connectivity index (χ2v) is 8.47. The predicted octanol–water partition coefficient (Wildman–Crippen LogP) is 4.68. The van der Waals surface area contributed by atoms with E-state index in [0.717, 1.165) is 0 Å². The molecule has 0 radical (unpaired) electrons. The Morgan fingerprint density at radius 3 is 2.39 bits per heavy atom. The van der Waals surface area contributed by atoms with E-state index >= 15 is 0 Å². The summed E-state index contributed by atoms with van der Waals surface area (Å²) in [5.74, 6) is 0.669. The van der Waals surface area contributed by atoms with Crippen molar-refractivity contribution in [1.29, 1.82) is 0 Å². The normalized spacial score (nSPS) is 15.1. The number of hydrogen-bond donors (Lipinski definition) is 0. The van der Waals surface area contributed by atoms with Gasteiger partial charge in [0.2, 0.25) is 11.5 Å². The molecule has 1 aliphatic rings. The Bertz CT molecular complexity index is 1420. The molecule has 0 unspecified atom stereocenters. The molecular formula is C23H17ClN2O6S. The molecule has 10 heteroatoms. The van der Waals surface area contributed by atoms with Crippen LogP contribution in [0.15, 0.2) is 51.1 Å². The van der Waals surface area contributed by atoms with Crippen molar-refractivity contribution in [2.45, 2.75) is 6.04 Å². The van der Waals surface area contributed by atoms with Crippen molar-refractivity contribution in [3.05, 3.63) is 74.0 Å². The van der Waals surface area contributed by atoms with E-state index in [4.69, 9.17) is 30.2 Å². The molecule has 2 aromatic carbocycles. The zero-order valence-corrected chi connectivity index (χ0v) is 19.3. The molecule has 4 aromatic rings. The molecule has 0 N–H and O–H groups in total. The van der Waals surface area contributed by atoms with E-state index in [1.54, 1.807) is 35.8 Å². The summed E-state index contributed by atoms with van der Waals surface area (Å²) in [4.78, 5) is 32.9. The quantitative estimate of drug-likeness (QED) is 0.406. The Balaban J connectivity index is 1.84. The van der Waals surface area contributed by atoms with Gasteiger partial charge in [-0.3, -0.25) is 14.5 Å². The number of carbonyl (C=O) groups is 1. The van der Waals surface area contributed by atoms with Crippen LogP contribution in [-0.4, -0.2) is 32.2 Å². The lowest BCUT2D eigenvalue weighted by molar-refractivity contribution is 0.0971. The Morgan fingerprint density at radius 2 is 1.79 bits per heavy atom. The summed E-state index contributed by atoms with van der Waals surface area (Å²) in [5, 5.41) is 2.85. The van der Waals surface area contributed by atoms with Gasteiger partial charge in [0, 0.05) is 16.6 Å². The van der Waals surface area contributed by atoms with E-state index < -0.39 is 11.9 Å². The van der Waals surface area contributed by atoms with Gasteiger partial charge in [-0.15, -0.1) is 11.3 Å². The van der Waals surface area contributed by atoms with Crippen LogP contribution in [0.1, 0.15) is 27.7 Å². The van der Waals surface area contributed by atoms with Gasteiger partial charge in [-0.1, -0.05) is 11.6 Å². The molecule has 0 bridgehead atoms. The predicted molar refractivity (Wildman–Crippen MR) is 124 cm³/mol. The van der Waals surface area contributed by atoms with E-state index in [1.165, 1.54) is 43.6 Å². The van der Waals surface area contributed by atoms with Crippen LogP contribution in [0.3, 0.4) is 0 Å². The number of carbonyl (C=O) groups excluding carboxylic acids is 1. The van der Waals surface area contributed by atoms with Crippen molar-refractivity contribution in [3.63, 3.8) is 0 Å². The number of ether oxygens (including phenoxy) is 3. The zero-order chi connectivity index (χ0) is 23.3. The summed E-state index contributed by atoms with van der Waals surface area (Å²) in [6, 6.07) is 7.30. The van der Waals surface area contributed by atoms with Gasteiger partial charge in [-0.05, 0) is 35.9 Å². The molecule has 8 nitrogen and oxygen atoms in total. The molecule has 0 saturated heterocycles. The molecule has 3 heterocycles. The van der Waals surface area contributed by atoms with Gasteiger partial charge in [0.25, 0.3) is 5.91 Å². The third-order valence-electron chi connectivity index (χ3n) is 5.46. The fourth-order valence-corrected chi connectivity index (χ4v) is 4.89. The number of anilines is 1. The highest BCUT2D eigenvalue weighted by atomic mass is 35.5. The number of benzene rings is 2. The molecule has 0 spiro atoms. The smallest absolute Gasteiger partial charge is 0.297 e. The molecule has 33 heavy (non-hydrogen) atoms. The largest absolute Gasteiger partial charge is 0.493 e. The number of amides is 1. The molecule has 168 valence electrons. The van der Waals surface area contributed by atoms with Gasteiger partial charge >= 0.3 is 0 Å². The number of halogens is 1. The molecule has 0 saturated carbocycles. The SMILES string of the molecule is COc1cc([C@@H]2c3c(oc4ccc(Cl)cc4c3=O)C(=O)N2c2nccs2)cc(OC)c1OC. The lowest BCUT2D eigenvalue weighted by Gasteiger charge is -2.24. The van der Waals surface area contributed by atoms with Crippen molar-refractivity contribution < 1.29 is 23.4 Å². The van der Waals surface area contributed by atoms with E-state index in [0.29, 0.717) is 33.0 Å². The second-order valence-electron chi connectivity index (χ2n) is 7.17. The van der Waals surface area contributed by atoms with E-state index in [9.17, 15) is 9.59 Å². The molecule has 2 aromatic heterocycles. The maximum absolute atomic E-state index is 13.6. The van der Waals surface area contributed by atoms with Crippen LogP contribution in [0.25, 0.3) is 11.0 Å². The summed E-state index contributed by atoms with van der Waals surface area (Å²) in [7, 11) is 4.50. The minimum absolute atomic E-state index is 0.0382. The van der Waals surface area contributed by atoms with Crippen LogP contribution in [0.2, 0.25) is 5.02 Å². The monoisotopic (exact) mass is 484 g/mol. The minimum atomic E-state index is -0.827. The number of hydrogen-bond acceptors (Lipinski definition) is 8. The van der Waals surface area contributed by atoms with Gasteiger partial charge in [-0.2, -0.15) is 0 Å². The third-order valence-corrected chi connectivity index (χ3v) is 6.47. The van der Waals surface area contributed by atoms with E-state index in [-0.39, 0.29) is 27.7 Å². The number of thiazole rings is 1. The average Bonchev–Trinajstić information content (AvgIpc) is 3.45. The summed E-state index contributed by atoms with van der Waals surface area (Å²) in [6.07, 6.45) is 1.59. The van der Waals surface area contributed by atoms with Gasteiger partial charge in [-0.25, -0.2) is 4.98 Å². The number of nitrogens with zero attached hydrogens (tertiary/aromatic N) is 2. The first-order chi connectivity index (χ1) is 16.0. The number of methoxy groups -OCH3 is 3. The Kier molecular flexibility index (Phi) is 5.22. The van der Waals surface area contributed by atoms with E-state index in [2.05, 4.69) is 4.98 Å². The van der Waals surface area contributed by atoms with Crippen molar-refractivity contribution in [2.75, 3.05) is 26.2 Å². The lowest BCUT2D eigenvalue weighted by Crippen LogP contribution is -2.29. The molecule has 1 aliphatic heterocycles. The molecular weight excluding hydrogens is 468 g/mol. The molecule has 0 fully saturated rings. The van der Waals surface area contributed by atoms with Crippen LogP contribution in [0, 0.1) is 0 Å². The van der Waals surface area contributed by atoms with Crippen molar-refractivity contribution in [2.24, 2.45) is 0 Å². The first kappa shape index (κ1) is 21.3. The first-order valence-electron chi connectivity index (χ1n) is 9.77. The van der Waals surface area contributed by atoms with Gasteiger partial charge in [0.15, 0.2) is 22.1 Å². The van der Waals surface area contributed by atoms with Crippen LogP contribution in [0.4, 0.5) is 5.13 Å². The number of fused-ring (bicyclic) bond motifs is 2. The maximum atomic E-state index is 13.6. The lowest BCUT2D eigenvalue weighted by atomic mass is 9.98. The fraction of sp³-hybridized carbons (Fsp3) is 0.174. The van der Waals surface area contributed by atoms with Crippen LogP contribution >= 0.6 is 22.9 Å². The number of aromatic nitrogens is 1. The van der Waals surface area contributed by atoms with Crippen molar-refractivity contribution in [1.82, 2.24) is 4.98 Å². The van der Waals surface area contributed by atoms with Gasteiger partial charge in [0.1, 0.15) is 5.58 Å². The van der Waals surface area contributed by atoms with Crippen molar-refractivity contribution in [3.8, 4) is 17.2 Å². The summed E-state index contributed by atoms with van der Waals surface area (Å²) in [6.45, 7) is 0. The Labute approximate surface area is 196 Å². The third kappa shape index (κ3) is 3.23. The standard InChI is InChI=1S/C23H17ClN2O6S/c1-29-15-8-11(9-16(30-2)20(15)31-3)18-17-19(27)13-10-12(24)4-5-14(13)32-21(17)22(28)26(18)23-25-6-7-33-23/h4-10,18H,1-3H3/t18-/m1/s1. The first-order valence-corrected chi connectivity index (χ1v) is 11.0. The molecule has 1 atom stereocenters. The summed E-state index contributed by atoms with van der Waals surface area (Å²) < 4.78 is 22.3. The van der Waals surface area contributed by atoms with Crippen LogP contribution in [0.5, 0.6) is 17.2 Å². The van der Waals surface area contributed by atoms with Crippen LogP contribution in [-0.2, 0) is 0 Å². The Hall–Kier alpha value is -3.56. The number of rotatable bonds is 5. The summed E-state index contributed by atoms with van der Waals surface area (Å²) >= 11 is 7.41. The average molecular weight is 485 g/mol. The topological polar surface area (TPSA) is 91.1 Å². The highest BCUT2D eigenvalue weighted by Gasteiger charge is 2.45. The van der Waals surface area contributed by atoms with Crippen LogP contribution < -0.4 is 24.5 Å². The molecule has 5 rings (SSSR count). The van der Waals surface area contributed by atoms with E-state index in [1.807, 2.05) is 0 Å². The Morgan fingerprint density at radius 1 is 1.06 bits per heavy atom. The highest BCUT2D eigenvalue weighted by Crippen LogP contribution is 2.46. The zero-order valence-electron chi connectivity index (χ0n) is 17.7. The fourth-order valence-electron chi connectivity index (χ4n) is 4.05.